The van der Waals surface area contributed by atoms with E-state index in [0.717, 1.165) is 0 Å². The largest absolute Gasteiger partial charge is 0.382 e. The van der Waals surface area contributed by atoms with Gasteiger partial charge >= 0.3 is 0 Å². The third-order valence-electron chi connectivity index (χ3n) is 1.70. The van der Waals surface area contributed by atoms with Crippen LogP contribution in [0.5, 0.6) is 0 Å². The Morgan fingerprint density at radius 3 is 2.86 bits per heavy atom. The fraction of sp³-hybridized carbons (Fsp3) is 0.222. The Morgan fingerprint density at radius 1 is 1.64 bits per heavy atom. The molecule has 0 saturated heterocycles. The maximum Gasteiger partial charge on any atom is 0.132 e. The van der Waals surface area contributed by atoms with E-state index in [9.17, 15) is 4.91 Å². The molecule has 1 aromatic rings. The molecular formula is C9H8ClN3O. The van der Waals surface area contributed by atoms with Crippen molar-refractivity contribution < 1.29 is 0 Å². The van der Waals surface area contributed by atoms with Gasteiger partial charge in [-0.25, -0.2) is 0 Å². The number of anilines is 1. The highest BCUT2D eigenvalue weighted by Crippen LogP contribution is 2.33. The van der Waals surface area contributed by atoms with E-state index in [-0.39, 0.29) is 11.3 Å². The van der Waals surface area contributed by atoms with Gasteiger partial charge in [0.2, 0.25) is 0 Å². The minimum atomic E-state index is 0.202. The summed E-state index contributed by atoms with van der Waals surface area (Å²) in [6.07, 6.45) is 0. The zero-order valence-corrected chi connectivity index (χ0v) is 8.30. The van der Waals surface area contributed by atoms with Crippen molar-refractivity contribution in [2.75, 3.05) is 11.9 Å². The lowest BCUT2D eigenvalue weighted by molar-refractivity contribution is 1.20. The third-order valence-corrected chi connectivity index (χ3v) is 2.01. The summed E-state index contributed by atoms with van der Waals surface area (Å²) in [5.41, 5.74) is 0.857. The van der Waals surface area contributed by atoms with Crippen LogP contribution < -0.4 is 5.32 Å². The number of rotatable bonds is 3. The highest BCUT2D eigenvalue weighted by molar-refractivity contribution is 6.32. The molecule has 14 heavy (non-hydrogen) atoms. The molecule has 0 atom stereocenters. The van der Waals surface area contributed by atoms with Crippen LogP contribution in [0.15, 0.2) is 17.3 Å². The smallest absolute Gasteiger partial charge is 0.132 e. The van der Waals surface area contributed by atoms with E-state index in [1.807, 2.05) is 13.0 Å². The molecular weight excluding hydrogens is 202 g/mol. The molecule has 5 heteroatoms. The van der Waals surface area contributed by atoms with Crippen LogP contribution >= 0.6 is 11.6 Å². The molecule has 0 unspecified atom stereocenters. The zero-order valence-electron chi connectivity index (χ0n) is 7.54. The van der Waals surface area contributed by atoms with E-state index in [4.69, 9.17) is 16.9 Å². The van der Waals surface area contributed by atoms with Crippen LogP contribution in [0, 0.1) is 16.2 Å². The summed E-state index contributed by atoms with van der Waals surface area (Å²) in [6.45, 7) is 2.45. The molecule has 72 valence electrons. The quantitative estimate of drug-likeness (QED) is 0.779. The molecule has 1 rings (SSSR count). The van der Waals surface area contributed by atoms with E-state index in [0.29, 0.717) is 17.3 Å². The first kappa shape index (κ1) is 10.5. The Bertz CT molecular complexity index is 398. The van der Waals surface area contributed by atoms with Crippen LogP contribution in [0.4, 0.5) is 11.4 Å². The number of benzene rings is 1. The SMILES string of the molecule is CCNc1c(N=O)ccc(Cl)c1C#N. The van der Waals surface area contributed by atoms with Gasteiger partial charge in [0.15, 0.2) is 0 Å². The van der Waals surface area contributed by atoms with Gasteiger partial charge in [-0.2, -0.15) is 5.26 Å². The monoisotopic (exact) mass is 209 g/mol. The Balaban J connectivity index is 3.37. The lowest BCUT2D eigenvalue weighted by atomic mass is 10.1. The van der Waals surface area contributed by atoms with Crippen molar-refractivity contribution in [2.45, 2.75) is 6.92 Å². The first-order valence-electron chi connectivity index (χ1n) is 4.04. The van der Waals surface area contributed by atoms with Crippen LogP contribution in [0.3, 0.4) is 0 Å². The van der Waals surface area contributed by atoms with Crippen molar-refractivity contribution >= 4 is 23.0 Å². The van der Waals surface area contributed by atoms with Crippen molar-refractivity contribution in [1.29, 1.82) is 5.26 Å². The van der Waals surface area contributed by atoms with Crippen LogP contribution in [0.1, 0.15) is 12.5 Å². The second-order valence-electron chi connectivity index (χ2n) is 2.55. The molecule has 0 radical (unpaired) electrons. The predicted octanol–water partition coefficient (Wildman–Crippen LogP) is 3.04. The second kappa shape index (κ2) is 4.58. The zero-order chi connectivity index (χ0) is 10.6. The number of hydrogen-bond donors (Lipinski definition) is 1. The minimum Gasteiger partial charge on any atom is -0.382 e. The molecule has 4 nitrogen and oxygen atoms in total. The number of nitrogens with zero attached hydrogens (tertiary/aromatic N) is 2. The fourth-order valence-electron chi connectivity index (χ4n) is 1.11. The average molecular weight is 210 g/mol. The Morgan fingerprint density at radius 2 is 2.36 bits per heavy atom. The van der Waals surface area contributed by atoms with Crippen molar-refractivity contribution in [1.82, 2.24) is 0 Å². The summed E-state index contributed by atoms with van der Waals surface area (Å²) < 4.78 is 0. The van der Waals surface area contributed by atoms with Crippen molar-refractivity contribution in [2.24, 2.45) is 5.18 Å². The molecule has 0 bridgehead atoms. The second-order valence-corrected chi connectivity index (χ2v) is 2.96. The van der Waals surface area contributed by atoms with Crippen LogP contribution in [0.2, 0.25) is 5.02 Å². The van der Waals surface area contributed by atoms with E-state index >= 15 is 0 Å². The van der Waals surface area contributed by atoms with Gasteiger partial charge in [-0.1, -0.05) is 11.6 Å². The number of hydrogen-bond acceptors (Lipinski definition) is 4. The summed E-state index contributed by atoms with van der Waals surface area (Å²) in [6, 6.07) is 4.89. The fourth-order valence-corrected chi connectivity index (χ4v) is 1.31. The molecule has 0 aliphatic rings. The Labute approximate surface area is 86.5 Å². The van der Waals surface area contributed by atoms with Gasteiger partial charge in [0.05, 0.1) is 16.3 Å². The van der Waals surface area contributed by atoms with Crippen LogP contribution in [-0.2, 0) is 0 Å². The van der Waals surface area contributed by atoms with E-state index in [1.165, 1.54) is 12.1 Å². The maximum atomic E-state index is 10.4. The third kappa shape index (κ3) is 1.83. The molecule has 0 aromatic heterocycles. The van der Waals surface area contributed by atoms with Gasteiger partial charge in [0, 0.05) is 6.54 Å². The molecule has 1 aromatic carbocycles. The van der Waals surface area contributed by atoms with Gasteiger partial charge in [0.25, 0.3) is 0 Å². The van der Waals surface area contributed by atoms with Crippen molar-refractivity contribution in [3.63, 3.8) is 0 Å². The average Bonchev–Trinajstić information content (AvgIpc) is 2.19. The molecule has 0 spiro atoms. The predicted molar refractivity (Wildman–Crippen MR) is 55.8 cm³/mol. The highest BCUT2D eigenvalue weighted by Gasteiger charge is 2.11. The van der Waals surface area contributed by atoms with Gasteiger partial charge in [-0.15, -0.1) is 4.91 Å². The normalized spacial score (nSPS) is 9.21. The van der Waals surface area contributed by atoms with Gasteiger partial charge in [0.1, 0.15) is 11.8 Å². The number of halogens is 1. The Hall–Kier alpha value is -1.60. The molecule has 0 aliphatic heterocycles. The molecule has 0 saturated carbocycles. The number of nitrogens with one attached hydrogen (secondary N) is 1. The van der Waals surface area contributed by atoms with E-state index < -0.39 is 0 Å². The number of nitriles is 1. The first-order valence-corrected chi connectivity index (χ1v) is 4.42. The molecule has 0 aliphatic carbocycles. The van der Waals surface area contributed by atoms with Gasteiger partial charge in [-0.05, 0) is 24.2 Å². The molecule has 0 amide bonds. The molecule has 0 fully saturated rings. The lowest BCUT2D eigenvalue weighted by Crippen LogP contribution is -1.99. The Kier molecular flexibility index (Phi) is 3.43. The summed E-state index contributed by atoms with van der Waals surface area (Å²) in [5, 5.41) is 14.8. The molecule has 0 heterocycles. The summed E-state index contributed by atoms with van der Waals surface area (Å²) in [5.74, 6) is 0. The summed E-state index contributed by atoms with van der Waals surface area (Å²) in [7, 11) is 0. The number of nitroso groups, excluding NO2 is 1. The highest BCUT2D eigenvalue weighted by atomic mass is 35.5. The molecule has 1 N–H and O–H groups in total. The standard InChI is InChI=1S/C9H8ClN3O/c1-2-12-9-6(5-11)7(10)3-4-8(9)13-14/h3-4,12H,2H2,1H3. The van der Waals surface area contributed by atoms with Gasteiger partial charge < -0.3 is 5.32 Å². The topological polar surface area (TPSA) is 65.2 Å². The first-order chi connectivity index (χ1) is 6.74. The lowest BCUT2D eigenvalue weighted by Gasteiger charge is -2.08. The van der Waals surface area contributed by atoms with Gasteiger partial charge in [-0.3, -0.25) is 0 Å². The van der Waals surface area contributed by atoms with Crippen LogP contribution in [-0.4, -0.2) is 6.54 Å². The van der Waals surface area contributed by atoms with E-state index in [2.05, 4.69) is 10.5 Å². The van der Waals surface area contributed by atoms with Crippen molar-refractivity contribution in [3.05, 3.63) is 27.6 Å². The summed E-state index contributed by atoms with van der Waals surface area (Å²) in [4.78, 5) is 10.4. The minimum absolute atomic E-state index is 0.202. The van der Waals surface area contributed by atoms with Crippen LogP contribution in [0.25, 0.3) is 0 Å². The maximum absolute atomic E-state index is 10.4. The summed E-state index contributed by atoms with van der Waals surface area (Å²) >= 11 is 5.79. The van der Waals surface area contributed by atoms with Crippen molar-refractivity contribution in [3.8, 4) is 6.07 Å². The van der Waals surface area contributed by atoms with E-state index in [1.54, 1.807) is 0 Å².